The number of rotatable bonds is 7. The summed E-state index contributed by atoms with van der Waals surface area (Å²) in [5.41, 5.74) is 2.28. The average Bonchev–Trinajstić information content (AvgIpc) is 2.65. The summed E-state index contributed by atoms with van der Waals surface area (Å²) < 4.78 is 5.85. The van der Waals surface area contributed by atoms with Crippen molar-refractivity contribution in [3.05, 3.63) is 64.7 Å². The van der Waals surface area contributed by atoms with Crippen LogP contribution in [-0.4, -0.2) is 35.7 Å². The van der Waals surface area contributed by atoms with Gasteiger partial charge in [0.05, 0.1) is 11.1 Å². The number of likely N-dealkylation sites (tertiary alicyclic amines) is 1. The molecule has 2 unspecified atom stereocenters. The number of hydrogen-bond acceptors (Lipinski definition) is 3. The molecule has 1 aliphatic rings. The van der Waals surface area contributed by atoms with E-state index in [-0.39, 0.29) is 12.0 Å². The van der Waals surface area contributed by atoms with Gasteiger partial charge in [0, 0.05) is 19.0 Å². The number of benzene rings is 2. The molecule has 1 aliphatic heterocycles. The van der Waals surface area contributed by atoms with Crippen molar-refractivity contribution in [2.24, 2.45) is 5.92 Å². The van der Waals surface area contributed by atoms with E-state index in [2.05, 4.69) is 17.9 Å². The lowest BCUT2D eigenvalue weighted by Crippen LogP contribution is -2.44. The highest BCUT2D eigenvalue weighted by molar-refractivity contribution is 6.32. The van der Waals surface area contributed by atoms with Crippen molar-refractivity contribution in [3.8, 4) is 5.75 Å². The van der Waals surface area contributed by atoms with Crippen LogP contribution in [0.5, 0.6) is 5.75 Å². The lowest BCUT2D eigenvalue weighted by atomic mass is 9.88. The van der Waals surface area contributed by atoms with E-state index in [1.54, 1.807) is 0 Å². The summed E-state index contributed by atoms with van der Waals surface area (Å²) in [6.45, 7) is 5.77. The maximum Gasteiger partial charge on any atom is 0.138 e. The molecule has 0 saturated carbocycles. The fraction of sp³-hybridized carbons (Fsp3) is 0.455. The second kappa shape index (κ2) is 9.40. The number of piperidine rings is 1. The van der Waals surface area contributed by atoms with Crippen LogP contribution >= 0.6 is 11.6 Å². The van der Waals surface area contributed by atoms with E-state index in [4.69, 9.17) is 16.3 Å². The quantitative estimate of drug-likeness (QED) is 0.772. The molecular formula is C22H28ClNO2. The van der Waals surface area contributed by atoms with Crippen LogP contribution in [-0.2, 0) is 13.0 Å². The fourth-order valence-corrected chi connectivity index (χ4v) is 3.90. The number of halogens is 1. The summed E-state index contributed by atoms with van der Waals surface area (Å²) in [5, 5.41) is 11.0. The molecule has 0 radical (unpaired) electrons. The van der Waals surface area contributed by atoms with Crippen molar-refractivity contribution in [1.29, 1.82) is 0 Å². The molecule has 1 heterocycles. The first-order valence-electron chi connectivity index (χ1n) is 9.51. The zero-order valence-electron chi connectivity index (χ0n) is 15.4. The molecular weight excluding hydrogens is 346 g/mol. The molecule has 0 aromatic heterocycles. The molecule has 2 atom stereocenters. The summed E-state index contributed by atoms with van der Waals surface area (Å²) in [6.07, 6.45) is 2.63. The van der Waals surface area contributed by atoms with Gasteiger partial charge >= 0.3 is 0 Å². The first-order chi connectivity index (χ1) is 12.7. The third-order valence-electron chi connectivity index (χ3n) is 5.05. The zero-order valence-corrected chi connectivity index (χ0v) is 16.2. The van der Waals surface area contributed by atoms with E-state index in [9.17, 15) is 5.11 Å². The van der Waals surface area contributed by atoms with E-state index < -0.39 is 0 Å². The molecule has 1 N–H and O–H groups in total. The average molecular weight is 374 g/mol. The fourth-order valence-electron chi connectivity index (χ4n) is 3.64. The van der Waals surface area contributed by atoms with E-state index in [0.717, 1.165) is 50.0 Å². The predicted molar refractivity (Wildman–Crippen MR) is 107 cm³/mol. The van der Waals surface area contributed by atoms with Gasteiger partial charge in [-0.15, -0.1) is 0 Å². The van der Waals surface area contributed by atoms with Crippen molar-refractivity contribution < 1.29 is 9.84 Å². The highest BCUT2D eigenvalue weighted by atomic mass is 35.5. The number of ether oxygens (including phenoxy) is 1. The van der Waals surface area contributed by atoms with Crippen molar-refractivity contribution in [3.63, 3.8) is 0 Å². The molecule has 2 aromatic carbocycles. The van der Waals surface area contributed by atoms with Crippen LogP contribution < -0.4 is 4.74 Å². The first-order valence-corrected chi connectivity index (χ1v) is 9.89. The van der Waals surface area contributed by atoms with Crippen LogP contribution in [0.3, 0.4) is 0 Å². The molecule has 3 nitrogen and oxygen atoms in total. The zero-order chi connectivity index (χ0) is 18.4. The molecule has 26 heavy (non-hydrogen) atoms. The predicted octanol–water partition coefficient (Wildman–Crippen LogP) is 4.55. The first kappa shape index (κ1) is 19.2. The van der Waals surface area contributed by atoms with Crippen LogP contribution in [0, 0.1) is 5.92 Å². The molecule has 4 heteroatoms. The van der Waals surface area contributed by atoms with Gasteiger partial charge < -0.3 is 14.7 Å². The molecule has 0 spiro atoms. The van der Waals surface area contributed by atoms with E-state index in [0.29, 0.717) is 17.4 Å². The van der Waals surface area contributed by atoms with E-state index in [1.807, 2.05) is 42.5 Å². The molecule has 1 fully saturated rings. The van der Waals surface area contributed by atoms with Crippen LogP contribution in [0.25, 0.3) is 0 Å². The molecule has 0 aliphatic carbocycles. The molecule has 1 saturated heterocycles. The van der Waals surface area contributed by atoms with Gasteiger partial charge in [0.25, 0.3) is 0 Å². The third-order valence-corrected chi connectivity index (χ3v) is 5.34. The van der Waals surface area contributed by atoms with Crippen LogP contribution in [0.1, 0.15) is 30.9 Å². The third kappa shape index (κ3) is 5.23. The number of nitrogens with zero attached hydrogens (tertiary/aromatic N) is 1. The Kier molecular flexibility index (Phi) is 6.95. The minimum Gasteiger partial charge on any atom is -0.487 e. The minimum atomic E-state index is -0.226. The number of aliphatic hydroxyl groups is 1. The maximum absolute atomic E-state index is 10.4. The van der Waals surface area contributed by atoms with Gasteiger partial charge in [-0.05, 0) is 49.1 Å². The Hall–Kier alpha value is -1.55. The van der Waals surface area contributed by atoms with Crippen molar-refractivity contribution in [2.75, 3.05) is 19.6 Å². The summed E-state index contributed by atoms with van der Waals surface area (Å²) in [7, 11) is 0. The van der Waals surface area contributed by atoms with E-state index >= 15 is 0 Å². The van der Waals surface area contributed by atoms with Gasteiger partial charge in [-0.2, -0.15) is 0 Å². The highest BCUT2D eigenvalue weighted by Crippen LogP contribution is 2.29. The standard InChI is InChI=1S/C22H28ClNO2/c1-2-11-24-12-10-21(25)19(15-24)13-18-8-9-22(20(23)14-18)26-16-17-6-4-3-5-7-17/h3-9,14,19,21,25H,2,10-13,15-16H2,1H3. The maximum atomic E-state index is 10.4. The van der Waals surface area contributed by atoms with Crippen molar-refractivity contribution in [1.82, 2.24) is 4.90 Å². The largest absolute Gasteiger partial charge is 0.487 e. The van der Waals surface area contributed by atoms with E-state index in [1.165, 1.54) is 0 Å². The summed E-state index contributed by atoms with van der Waals surface area (Å²) >= 11 is 6.43. The Morgan fingerprint density at radius 2 is 1.96 bits per heavy atom. The van der Waals surface area contributed by atoms with Gasteiger partial charge in [-0.1, -0.05) is 54.9 Å². The topological polar surface area (TPSA) is 32.7 Å². The van der Waals surface area contributed by atoms with Gasteiger partial charge in [0.15, 0.2) is 0 Å². The molecule has 2 aromatic rings. The van der Waals surface area contributed by atoms with Gasteiger partial charge in [0.1, 0.15) is 12.4 Å². The lowest BCUT2D eigenvalue weighted by molar-refractivity contribution is 0.0270. The molecule has 0 bridgehead atoms. The normalized spacial score (nSPS) is 20.9. The van der Waals surface area contributed by atoms with Crippen molar-refractivity contribution >= 4 is 11.6 Å². The molecule has 3 rings (SSSR count). The SMILES string of the molecule is CCCN1CCC(O)C(Cc2ccc(OCc3ccccc3)c(Cl)c2)C1. The second-order valence-corrected chi connectivity index (χ2v) is 7.57. The number of aliphatic hydroxyl groups excluding tert-OH is 1. The Bertz CT molecular complexity index is 692. The van der Waals surface area contributed by atoms with Crippen molar-refractivity contribution in [2.45, 2.75) is 38.9 Å². The Balaban J connectivity index is 1.60. The minimum absolute atomic E-state index is 0.226. The highest BCUT2D eigenvalue weighted by Gasteiger charge is 2.27. The molecule has 0 amide bonds. The van der Waals surface area contributed by atoms with Gasteiger partial charge in [-0.3, -0.25) is 0 Å². The monoisotopic (exact) mass is 373 g/mol. The summed E-state index contributed by atoms with van der Waals surface area (Å²) in [4.78, 5) is 2.45. The summed E-state index contributed by atoms with van der Waals surface area (Å²) in [5.74, 6) is 0.971. The van der Waals surface area contributed by atoms with Crippen LogP contribution in [0.2, 0.25) is 5.02 Å². The Morgan fingerprint density at radius 1 is 1.15 bits per heavy atom. The second-order valence-electron chi connectivity index (χ2n) is 7.16. The smallest absolute Gasteiger partial charge is 0.138 e. The van der Waals surface area contributed by atoms with Gasteiger partial charge in [-0.25, -0.2) is 0 Å². The van der Waals surface area contributed by atoms with Crippen LogP contribution in [0.4, 0.5) is 0 Å². The van der Waals surface area contributed by atoms with Gasteiger partial charge in [0.2, 0.25) is 0 Å². The lowest BCUT2D eigenvalue weighted by Gasteiger charge is -2.36. The van der Waals surface area contributed by atoms with Crippen LogP contribution in [0.15, 0.2) is 48.5 Å². The summed E-state index contributed by atoms with van der Waals surface area (Å²) in [6, 6.07) is 16.1. The Morgan fingerprint density at radius 3 is 2.69 bits per heavy atom. The molecule has 140 valence electrons. The Labute approximate surface area is 161 Å². The number of hydrogen-bond donors (Lipinski definition) is 1.